The Balaban J connectivity index is 1.95. The summed E-state index contributed by atoms with van der Waals surface area (Å²) >= 11 is 1.57. The molecule has 0 unspecified atom stereocenters. The molecule has 2 N–H and O–H groups in total. The van der Waals surface area contributed by atoms with E-state index in [1.807, 2.05) is 0 Å². The zero-order chi connectivity index (χ0) is 9.97. The van der Waals surface area contributed by atoms with Gasteiger partial charge in [-0.1, -0.05) is 13.3 Å². The van der Waals surface area contributed by atoms with Crippen LogP contribution >= 0.6 is 11.3 Å². The fourth-order valence-corrected chi connectivity index (χ4v) is 3.00. The molecule has 78 valence electrons. The summed E-state index contributed by atoms with van der Waals surface area (Å²) in [6, 6.07) is 0. The Kier molecular flexibility index (Phi) is 3.06. The highest BCUT2D eigenvalue weighted by molar-refractivity contribution is 7.13. The highest BCUT2D eigenvalue weighted by Crippen LogP contribution is 2.37. The first-order valence-electron chi connectivity index (χ1n) is 5.50. The molecule has 0 radical (unpaired) electrons. The van der Waals surface area contributed by atoms with Gasteiger partial charge < -0.3 is 5.73 Å². The largest absolute Gasteiger partial charge is 0.375 e. The van der Waals surface area contributed by atoms with Crippen LogP contribution in [0.4, 0.5) is 5.13 Å². The molecule has 1 aromatic heterocycles. The molecule has 0 atom stereocenters. The molecular formula is C11H18N2S. The van der Waals surface area contributed by atoms with Gasteiger partial charge in [0.05, 0.1) is 5.69 Å². The summed E-state index contributed by atoms with van der Waals surface area (Å²) in [7, 11) is 0. The number of nitrogens with zero attached hydrogens (tertiary/aromatic N) is 1. The second-order valence-corrected chi connectivity index (χ2v) is 5.13. The van der Waals surface area contributed by atoms with Crippen LogP contribution in [0, 0.1) is 5.92 Å². The van der Waals surface area contributed by atoms with Crippen molar-refractivity contribution in [3.63, 3.8) is 0 Å². The standard InChI is InChI=1S/C11H18N2S/c1-2-8-3-5-9(6-4-8)10-7-14-11(12)13-10/h7-9H,2-6H2,1H3,(H2,12,13). The minimum atomic E-state index is 0.686. The fourth-order valence-electron chi connectivity index (χ4n) is 2.35. The van der Waals surface area contributed by atoms with E-state index < -0.39 is 0 Å². The van der Waals surface area contributed by atoms with Gasteiger partial charge in [0.2, 0.25) is 0 Å². The van der Waals surface area contributed by atoms with Crippen LogP contribution in [0.5, 0.6) is 0 Å². The maximum atomic E-state index is 5.65. The molecule has 2 rings (SSSR count). The van der Waals surface area contributed by atoms with E-state index in [4.69, 9.17) is 5.73 Å². The lowest BCUT2D eigenvalue weighted by atomic mass is 9.80. The van der Waals surface area contributed by atoms with Crippen molar-refractivity contribution in [3.05, 3.63) is 11.1 Å². The highest BCUT2D eigenvalue weighted by atomic mass is 32.1. The molecule has 1 fully saturated rings. The summed E-state index contributed by atoms with van der Waals surface area (Å²) in [4.78, 5) is 4.38. The first-order chi connectivity index (χ1) is 6.79. The summed E-state index contributed by atoms with van der Waals surface area (Å²) in [5, 5.41) is 2.85. The van der Waals surface area contributed by atoms with E-state index in [0.29, 0.717) is 5.92 Å². The molecule has 2 nitrogen and oxygen atoms in total. The van der Waals surface area contributed by atoms with Crippen molar-refractivity contribution in [2.75, 3.05) is 5.73 Å². The average Bonchev–Trinajstić information content (AvgIpc) is 2.65. The Morgan fingerprint density at radius 2 is 2.14 bits per heavy atom. The number of hydrogen-bond donors (Lipinski definition) is 1. The average molecular weight is 210 g/mol. The smallest absolute Gasteiger partial charge is 0.180 e. The summed E-state index contributed by atoms with van der Waals surface area (Å²) in [5.41, 5.74) is 6.88. The Morgan fingerprint density at radius 3 is 2.64 bits per heavy atom. The highest BCUT2D eigenvalue weighted by Gasteiger charge is 2.22. The van der Waals surface area contributed by atoms with E-state index in [2.05, 4.69) is 17.3 Å². The molecule has 1 aromatic rings. The molecular weight excluding hydrogens is 192 g/mol. The van der Waals surface area contributed by atoms with Crippen molar-refractivity contribution in [3.8, 4) is 0 Å². The third kappa shape index (κ3) is 2.08. The summed E-state index contributed by atoms with van der Waals surface area (Å²) in [6.07, 6.45) is 6.70. The van der Waals surface area contributed by atoms with Crippen LogP contribution < -0.4 is 5.73 Å². The second-order valence-electron chi connectivity index (χ2n) is 4.24. The van der Waals surface area contributed by atoms with E-state index >= 15 is 0 Å². The monoisotopic (exact) mass is 210 g/mol. The maximum absolute atomic E-state index is 5.65. The second kappa shape index (κ2) is 4.30. The maximum Gasteiger partial charge on any atom is 0.180 e. The molecule has 0 bridgehead atoms. The number of thiazole rings is 1. The molecule has 0 amide bonds. The quantitative estimate of drug-likeness (QED) is 0.812. The van der Waals surface area contributed by atoms with Gasteiger partial charge in [-0.25, -0.2) is 4.98 Å². The van der Waals surface area contributed by atoms with E-state index in [9.17, 15) is 0 Å². The van der Waals surface area contributed by atoms with Gasteiger partial charge in [0.25, 0.3) is 0 Å². The van der Waals surface area contributed by atoms with Crippen LogP contribution in [0.1, 0.15) is 50.6 Å². The van der Waals surface area contributed by atoms with Gasteiger partial charge in [-0.05, 0) is 31.6 Å². The molecule has 1 aliphatic carbocycles. The lowest BCUT2D eigenvalue weighted by Gasteiger charge is -2.26. The molecule has 0 spiro atoms. The van der Waals surface area contributed by atoms with Crippen LogP contribution in [0.3, 0.4) is 0 Å². The van der Waals surface area contributed by atoms with Gasteiger partial charge in [-0.15, -0.1) is 11.3 Å². The lowest BCUT2D eigenvalue weighted by Crippen LogP contribution is -2.12. The Hall–Kier alpha value is -0.570. The molecule has 0 aliphatic heterocycles. The van der Waals surface area contributed by atoms with E-state index in [1.54, 1.807) is 11.3 Å². The zero-order valence-corrected chi connectivity index (χ0v) is 9.52. The number of nitrogens with two attached hydrogens (primary N) is 1. The minimum Gasteiger partial charge on any atom is -0.375 e. The first-order valence-corrected chi connectivity index (χ1v) is 6.38. The lowest BCUT2D eigenvalue weighted by molar-refractivity contribution is 0.316. The van der Waals surface area contributed by atoms with Gasteiger partial charge in [0.15, 0.2) is 5.13 Å². The van der Waals surface area contributed by atoms with Gasteiger partial charge in [-0.2, -0.15) is 0 Å². The molecule has 3 heteroatoms. The number of nitrogen functional groups attached to an aromatic ring is 1. The van der Waals surface area contributed by atoms with E-state index in [-0.39, 0.29) is 0 Å². The predicted octanol–water partition coefficient (Wildman–Crippen LogP) is 3.41. The summed E-state index contributed by atoms with van der Waals surface area (Å²) in [5.74, 6) is 1.65. The molecule has 0 saturated heterocycles. The van der Waals surface area contributed by atoms with Crippen molar-refractivity contribution >= 4 is 16.5 Å². The van der Waals surface area contributed by atoms with Gasteiger partial charge in [0.1, 0.15) is 0 Å². The zero-order valence-electron chi connectivity index (χ0n) is 8.70. The van der Waals surface area contributed by atoms with Gasteiger partial charge in [-0.3, -0.25) is 0 Å². The van der Waals surface area contributed by atoms with Crippen LogP contribution in [0.15, 0.2) is 5.38 Å². The number of aromatic nitrogens is 1. The van der Waals surface area contributed by atoms with E-state index in [0.717, 1.165) is 11.0 Å². The molecule has 1 saturated carbocycles. The third-order valence-electron chi connectivity index (χ3n) is 3.38. The Bertz CT molecular complexity index is 287. The van der Waals surface area contributed by atoms with Crippen molar-refractivity contribution in [1.82, 2.24) is 4.98 Å². The molecule has 14 heavy (non-hydrogen) atoms. The van der Waals surface area contributed by atoms with E-state index in [1.165, 1.54) is 37.8 Å². The van der Waals surface area contributed by atoms with Crippen LogP contribution in [0.25, 0.3) is 0 Å². The molecule has 0 aromatic carbocycles. The Morgan fingerprint density at radius 1 is 1.43 bits per heavy atom. The normalized spacial score (nSPS) is 27.8. The van der Waals surface area contributed by atoms with Gasteiger partial charge >= 0.3 is 0 Å². The summed E-state index contributed by atoms with van der Waals surface area (Å²) in [6.45, 7) is 2.30. The van der Waals surface area contributed by atoms with Crippen LogP contribution in [-0.2, 0) is 0 Å². The third-order valence-corrected chi connectivity index (χ3v) is 4.07. The number of hydrogen-bond acceptors (Lipinski definition) is 3. The molecule has 1 heterocycles. The van der Waals surface area contributed by atoms with Crippen molar-refractivity contribution in [2.45, 2.75) is 44.9 Å². The Labute approximate surface area is 89.5 Å². The van der Waals surface area contributed by atoms with Crippen molar-refractivity contribution in [1.29, 1.82) is 0 Å². The van der Waals surface area contributed by atoms with Crippen molar-refractivity contribution < 1.29 is 0 Å². The predicted molar refractivity (Wildman–Crippen MR) is 61.5 cm³/mol. The minimum absolute atomic E-state index is 0.686. The van der Waals surface area contributed by atoms with Crippen molar-refractivity contribution in [2.24, 2.45) is 5.92 Å². The molecule has 1 aliphatic rings. The fraction of sp³-hybridized carbons (Fsp3) is 0.727. The van der Waals surface area contributed by atoms with Crippen LogP contribution in [0.2, 0.25) is 0 Å². The summed E-state index contributed by atoms with van der Waals surface area (Å²) < 4.78 is 0. The SMILES string of the molecule is CCC1CCC(c2csc(N)n2)CC1. The number of anilines is 1. The van der Waals surface area contributed by atoms with Crippen LogP contribution in [-0.4, -0.2) is 4.98 Å². The topological polar surface area (TPSA) is 38.9 Å². The number of rotatable bonds is 2. The first kappa shape index (κ1) is 9.97. The van der Waals surface area contributed by atoms with Gasteiger partial charge in [0, 0.05) is 11.3 Å².